The molecule has 0 amide bonds. The first-order valence-electron chi connectivity index (χ1n) is 56.7. The predicted molar refractivity (Wildman–Crippen MR) is 639 cm³/mol. The van der Waals surface area contributed by atoms with Crippen LogP contribution >= 0.6 is 0 Å². The lowest BCUT2D eigenvalue weighted by atomic mass is 9.64. The molecule has 0 unspecified atom stereocenters. The molecular formula is C142H228. The molecule has 8 aromatic carbocycles. The van der Waals surface area contributed by atoms with Crippen LogP contribution < -0.4 is 0 Å². The highest BCUT2D eigenvalue weighted by molar-refractivity contribution is 5.43. The monoisotopic (exact) mass is 1930 g/mol. The Hall–Kier alpha value is -6.24. The van der Waals surface area contributed by atoms with Gasteiger partial charge in [-0.2, -0.15) is 0 Å². The molecule has 0 aliphatic heterocycles. The third-order valence-electron chi connectivity index (χ3n) is 29.8. The molecule has 0 nitrogen and oxygen atoms in total. The molecule has 0 radical (unpaired) electrons. The largest absolute Gasteiger partial charge is 0.0620 e. The van der Waals surface area contributed by atoms with E-state index in [2.05, 4.69) is 540 Å². The lowest BCUT2D eigenvalue weighted by Gasteiger charge is -2.41. The van der Waals surface area contributed by atoms with Crippen LogP contribution in [0.5, 0.6) is 0 Å². The van der Waals surface area contributed by atoms with Crippen molar-refractivity contribution in [3.63, 3.8) is 0 Å². The fourth-order valence-electron chi connectivity index (χ4n) is 20.9. The maximum Gasteiger partial charge on any atom is -0.00386 e. The summed E-state index contributed by atoms with van der Waals surface area (Å²) in [4.78, 5) is 0. The van der Waals surface area contributed by atoms with Crippen LogP contribution in [0.25, 0.3) is 0 Å². The van der Waals surface area contributed by atoms with Crippen molar-refractivity contribution in [1.82, 2.24) is 0 Å². The number of benzene rings is 8. The van der Waals surface area contributed by atoms with Gasteiger partial charge in [0.1, 0.15) is 0 Å². The van der Waals surface area contributed by atoms with E-state index in [9.17, 15) is 0 Å². The summed E-state index contributed by atoms with van der Waals surface area (Å²) in [6, 6.07) is 73.5. The summed E-state index contributed by atoms with van der Waals surface area (Å²) < 4.78 is 0. The van der Waals surface area contributed by atoms with E-state index in [-0.39, 0.29) is 32.5 Å². The van der Waals surface area contributed by atoms with Gasteiger partial charge in [0.25, 0.3) is 0 Å². The van der Waals surface area contributed by atoms with Crippen LogP contribution in [0, 0.1) is 65.0 Å². The average Bonchev–Trinajstić information content (AvgIpc) is 1.51. The zero-order valence-electron chi connectivity index (χ0n) is 103. The van der Waals surface area contributed by atoms with Gasteiger partial charge in [-0.25, -0.2) is 0 Å². The zero-order valence-corrected chi connectivity index (χ0v) is 103. The van der Waals surface area contributed by atoms with E-state index in [1.165, 1.54) is 209 Å². The Bertz CT molecular complexity index is 5020. The standard InChI is InChI=1S/3C19H30.C19H32.C18H28.3C16H26/c1-17(2,3)13-15-7-9-16(10-8-15)19(11-12-19)14-18(4,5)6;1-17(2,3)13-15-8-7-9-16(12-15)19(10-11-19)14-18(4,5)6;1-17(2,3)13-15-9-7-8-10-16(15)19(11-12-19)14-18(4,5)6;1-17(2,3)14-13-15-11-9-10-12-16(15)19(7,8)18(4,5)6;1-16(2,3)13-18(11-12-18)15-9-7-14(8-10-15)17(4,5)6;1-15(2,3)12-11-13-7-9-14(10-8-13)16(4,5)6;1-15(2,3)11-10-13-8-7-9-14(12-13)16(4,5)6;1-15(2,3)12-11-13-9-7-8-10-14(13)16(4,5)6/h7-10H,11-14H2,1-6H3;7-9,12H,10-11,13-14H2,1-6H3;7-10H,11-14H2,1-6H3;9-12H,13-14H2,1-8H3;7-10H,11-13H2,1-6H3;7-10H,11-12H2,1-6H3;7-9,12H,10-11H2,1-6H3;7-10H,11-12H2,1-6H3. The second kappa shape index (κ2) is 48.6. The van der Waals surface area contributed by atoms with Crippen molar-refractivity contribution < 1.29 is 0 Å². The molecule has 8 aromatic rings. The molecule has 0 atom stereocenters. The fraction of sp³-hybridized carbons (Fsp3) is 0.662. The average molecular weight is 1940 g/mol. The molecule has 0 N–H and O–H groups in total. The highest BCUT2D eigenvalue weighted by Gasteiger charge is 2.50. The van der Waals surface area contributed by atoms with Crippen molar-refractivity contribution in [3.8, 4) is 0 Å². The summed E-state index contributed by atoms with van der Waals surface area (Å²) in [5.41, 5.74) is 32.2. The Morgan fingerprint density at radius 2 is 0.486 bits per heavy atom. The highest BCUT2D eigenvalue weighted by Crippen LogP contribution is 2.59. The molecule has 4 fully saturated rings. The third kappa shape index (κ3) is 47.5. The molecule has 0 saturated heterocycles. The molecule has 0 aromatic heterocycles. The van der Waals surface area contributed by atoms with E-state index in [0.29, 0.717) is 81.2 Å². The van der Waals surface area contributed by atoms with Gasteiger partial charge >= 0.3 is 0 Å². The first-order chi connectivity index (χ1) is 64.0. The minimum Gasteiger partial charge on any atom is -0.0620 e. The van der Waals surface area contributed by atoms with E-state index in [1.54, 1.807) is 27.8 Å². The van der Waals surface area contributed by atoms with Crippen molar-refractivity contribution in [2.45, 2.75) is 543 Å². The van der Waals surface area contributed by atoms with Crippen LogP contribution in [-0.4, -0.2) is 0 Å². The Morgan fingerprint density at radius 3 is 0.838 bits per heavy atom. The van der Waals surface area contributed by atoms with Gasteiger partial charge in [-0.15, -0.1) is 0 Å². The number of hydrogen-bond donors (Lipinski definition) is 0. The maximum atomic E-state index is 2.48. The SMILES string of the molecule is CC(C)(C)CC1(c2ccc(C(C)(C)C)cc2)CC1.CC(C)(C)CCc1ccc(C(C)(C)C)cc1.CC(C)(C)CCc1cccc(C(C)(C)C)c1.CC(C)(C)CCc1ccccc1C(C)(C)C.CC(C)(C)CCc1ccccc1C(C)(C)C(C)(C)C.CC(C)(C)Cc1ccc(C2(CC(C)(C)C)CC2)cc1.CC(C)(C)Cc1cccc(C2(CC(C)(C)C)CC2)c1.CC(C)(C)Cc1ccccc1C1(CC(C)(C)C)CC1. The minimum absolute atomic E-state index is 0.196. The molecular weight excluding hydrogens is 1710 g/mol. The van der Waals surface area contributed by atoms with E-state index in [4.69, 9.17) is 0 Å². The molecule has 4 saturated carbocycles. The summed E-state index contributed by atoms with van der Waals surface area (Å²) in [6.45, 7) is 116. The summed E-state index contributed by atoms with van der Waals surface area (Å²) in [5.74, 6) is 0. The van der Waals surface area contributed by atoms with Crippen LogP contribution in [0.3, 0.4) is 0 Å². The van der Waals surface area contributed by atoms with Gasteiger partial charge in [-0.1, -0.05) is 540 Å². The van der Waals surface area contributed by atoms with E-state index < -0.39 is 0 Å². The molecule has 4 aliphatic rings. The summed E-state index contributed by atoms with van der Waals surface area (Å²) in [6.07, 6.45) is 29.6. The molecule has 0 heteroatoms. The first kappa shape index (κ1) is 126. The summed E-state index contributed by atoms with van der Waals surface area (Å²) >= 11 is 0. The van der Waals surface area contributed by atoms with Gasteiger partial charge in [0.2, 0.25) is 0 Å². The smallest absolute Gasteiger partial charge is 0.00386 e. The van der Waals surface area contributed by atoms with Crippen LogP contribution in [0.1, 0.15) is 538 Å². The topological polar surface area (TPSA) is 0 Å². The van der Waals surface area contributed by atoms with Gasteiger partial charge in [-0.3, -0.25) is 0 Å². The molecule has 796 valence electrons. The van der Waals surface area contributed by atoms with Crippen molar-refractivity contribution in [1.29, 1.82) is 0 Å². The van der Waals surface area contributed by atoms with Gasteiger partial charge < -0.3 is 0 Å². The first-order valence-corrected chi connectivity index (χ1v) is 56.7. The van der Waals surface area contributed by atoms with Crippen LogP contribution in [0.15, 0.2) is 194 Å². The normalized spacial score (nSPS) is 16.0. The van der Waals surface area contributed by atoms with Crippen LogP contribution in [0.2, 0.25) is 0 Å². The minimum atomic E-state index is 0.196. The van der Waals surface area contributed by atoms with Gasteiger partial charge in [0.05, 0.1) is 0 Å². The quantitative estimate of drug-likeness (QED) is 0.0713. The van der Waals surface area contributed by atoms with Crippen molar-refractivity contribution in [2.75, 3.05) is 0 Å². The van der Waals surface area contributed by atoms with Crippen molar-refractivity contribution in [3.05, 3.63) is 283 Å². The number of rotatable bonds is 20. The van der Waals surface area contributed by atoms with Gasteiger partial charge in [0.15, 0.2) is 0 Å². The molecule has 142 heavy (non-hydrogen) atoms. The molecule has 12 rings (SSSR count). The molecule has 0 bridgehead atoms. The third-order valence-corrected chi connectivity index (χ3v) is 29.8. The van der Waals surface area contributed by atoms with Crippen molar-refractivity contribution >= 4 is 0 Å². The van der Waals surface area contributed by atoms with E-state index in [1.807, 2.05) is 0 Å². The number of hydrogen-bond acceptors (Lipinski definition) is 0. The lowest BCUT2D eigenvalue weighted by molar-refractivity contribution is 0.223. The Balaban J connectivity index is 0.000000286. The predicted octanol–water partition coefficient (Wildman–Crippen LogP) is 43.6. The lowest BCUT2D eigenvalue weighted by Crippen LogP contribution is -2.35. The zero-order chi connectivity index (χ0) is 109. The summed E-state index contributed by atoms with van der Waals surface area (Å²) in [7, 11) is 0. The molecule has 0 heterocycles. The van der Waals surface area contributed by atoms with E-state index in [0.717, 1.165) is 0 Å². The molecule has 0 spiro atoms. The second-order valence-electron chi connectivity index (χ2n) is 64.7. The Kier molecular flexibility index (Phi) is 43.2. The van der Waals surface area contributed by atoms with Crippen LogP contribution in [0.4, 0.5) is 0 Å². The Labute approximate surface area is 884 Å². The second-order valence-corrected chi connectivity index (χ2v) is 64.7. The summed E-state index contributed by atoms with van der Waals surface area (Å²) in [5, 5.41) is 0. The maximum absolute atomic E-state index is 2.48. The fourth-order valence-corrected chi connectivity index (χ4v) is 20.9. The van der Waals surface area contributed by atoms with E-state index >= 15 is 0 Å². The Morgan fingerprint density at radius 1 is 0.190 bits per heavy atom. The van der Waals surface area contributed by atoms with Gasteiger partial charge in [-0.05, 0) is 350 Å². The number of aryl methyl sites for hydroxylation is 4. The van der Waals surface area contributed by atoms with Crippen LogP contribution in [-0.2, 0) is 93.7 Å². The molecule has 4 aliphatic carbocycles. The van der Waals surface area contributed by atoms with Crippen molar-refractivity contribution in [2.24, 2.45) is 65.0 Å². The highest BCUT2D eigenvalue weighted by atomic mass is 14.5. The van der Waals surface area contributed by atoms with Gasteiger partial charge in [0, 0.05) is 0 Å².